The third-order valence-corrected chi connectivity index (χ3v) is 9.85. The molecule has 1 heteroatoms. The maximum absolute atomic E-state index is 10.1. The van der Waals surface area contributed by atoms with Crippen molar-refractivity contribution in [3.05, 3.63) is 0 Å². The molecule has 1 nitrogen and oxygen atoms in total. The summed E-state index contributed by atoms with van der Waals surface area (Å²) in [6, 6.07) is 2.85. The zero-order chi connectivity index (χ0) is 21.9. The van der Waals surface area contributed by atoms with Gasteiger partial charge in [-0.3, -0.25) is 0 Å². The fourth-order valence-corrected chi connectivity index (χ4v) is 7.74. The van der Waals surface area contributed by atoms with Gasteiger partial charge in [0, 0.05) is 0 Å². The summed E-state index contributed by atoms with van der Waals surface area (Å²) in [5.74, 6) is 4.93. The molecule has 0 aromatic heterocycles. The molecule has 0 amide bonds. The van der Waals surface area contributed by atoms with E-state index in [0.717, 1.165) is 29.6 Å². The van der Waals surface area contributed by atoms with Crippen LogP contribution in [0, 0.1) is 46.3 Å². The largest absolute Gasteiger partial charge is 0.198 e. The summed E-state index contributed by atoms with van der Waals surface area (Å²) < 4.78 is 0. The monoisotopic (exact) mass is 427 g/mol. The third-order valence-electron chi connectivity index (χ3n) is 9.85. The zero-order valence-electron chi connectivity index (χ0n) is 21.2. The first-order valence-electron chi connectivity index (χ1n) is 14.6. The van der Waals surface area contributed by atoms with E-state index in [1.54, 1.807) is 0 Å². The van der Waals surface area contributed by atoms with Crippen LogP contribution in [0.5, 0.6) is 0 Å². The van der Waals surface area contributed by atoms with Gasteiger partial charge in [0.15, 0.2) is 0 Å². The summed E-state index contributed by atoms with van der Waals surface area (Å²) in [6.45, 7) is 4.61. The molecular weight excluding hydrogens is 374 g/mol. The lowest BCUT2D eigenvalue weighted by molar-refractivity contribution is 0.0377. The van der Waals surface area contributed by atoms with Crippen LogP contribution in [-0.4, -0.2) is 0 Å². The Balaban J connectivity index is 1.38. The van der Waals surface area contributed by atoms with Crippen molar-refractivity contribution in [2.24, 2.45) is 35.0 Å². The summed E-state index contributed by atoms with van der Waals surface area (Å²) in [7, 11) is 0. The Morgan fingerprint density at radius 1 is 0.677 bits per heavy atom. The van der Waals surface area contributed by atoms with E-state index in [1.807, 2.05) is 0 Å². The lowest BCUT2D eigenvalue weighted by atomic mass is 9.57. The Morgan fingerprint density at radius 2 is 1.29 bits per heavy atom. The van der Waals surface area contributed by atoms with Gasteiger partial charge in [-0.05, 0) is 87.4 Å². The van der Waals surface area contributed by atoms with E-state index in [1.165, 1.54) is 135 Å². The van der Waals surface area contributed by atoms with Crippen LogP contribution in [0.4, 0.5) is 0 Å². The number of nitrogens with zero attached hydrogens (tertiary/aromatic N) is 1. The average molecular weight is 428 g/mol. The van der Waals surface area contributed by atoms with Crippen LogP contribution >= 0.6 is 0 Å². The van der Waals surface area contributed by atoms with E-state index in [0.29, 0.717) is 0 Å². The molecular formula is C30H53N. The van der Waals surface area contributed by atoms with Gasteiger partial charge < -0.3 is 0 Å². The van der Waals surface area contributed by atoms with Crippen LogP contribution < -0.4 is 0 Å². The molecule has 0 radical (unpaired) electrons. The number of nitriles is 1. The lowest BCUT2D eigenvalue weighted by Crippen LogP contribution is -2.38. The molecule has 0 bridgehead atoms. The van der Waals surface area contributed by atoms with E-state index in [-0.39, 0.29) is 5.41 Å². The van der Waals surface area contributed by atoms with Crippen LogP contribution in [-0.2, 0) is 0 Å². The van der Waals surface area contributed by atoms with Gasteiger partial charge in [-0.1, -0.05) is 90.9 Å². The molecule has 3 fully saturated rings. The summed E-state index contributed by atoms with van der Waals surface area (Å²) in [4.78, 5) is 0. The van der Waals surface area contributed by atoms with Gasteiger partial charge in [-0.2, -0.15) is 5.26 Å². The Labute approximate surface area is 195 Å². The second-order valence-electron chi connectivity index (χ2n) is 12.0. The van der Waals surface area contributed by atoms with Gasteiger partial charge in [0.1, 0.15) is 0 Å². The predicted molar refractivity (Wildman–Crippen MR) is 134 cm³/mol. The van der Waals surface area contributed by atoms with E-state index < -0.39 is 0 Å². The van der Waals surface area contributed by atoms with Crippen molar-refractivity contribution in [2.45, 2.75) is 149 Å². The van der Waals surface area contributed by atoms with Crippen molar-refractivity contribution in [1.29, 1.82) is 5.26 Å². The third kappa shape index (κ3) is 7.51. The van der Waals surface area contributed by atoms with Crippen LogP contribution in [0.15, 0.2) is 0 Å². The van der Waals surface area contributed by atoms with E-state index in [9.17, 15) is 5.26 Å². The molecule has 178 valence electrons. The van der Waals surface area contributed by atoms with Crippen molar-refractivity contribution in [2.75, 3.05) is 0 Å². The Kier molecular flexibility index (Phi) is 10.7. The summed E-state index contributed by atoms with van der Waals surface area (Å²) in [5, 5.41) is 10.1. The maximum Gasteiger partial charge on any atom is 0.0689 e. The number of unbranched alkanes of at least 4 members (excludes halogenated alkanes) is 7. The fraction of sp³-hybridized carbons (Fsp3) is 0.967. The first kappa shape index (κ1) is 25.1. The number of fused-ring (bicyclic) bond motifs is 1. The highest BCUT2D eigenvalue weighted by atomic mass is 14.5. The van der Waals surface area contributed by atoms with Crippen molar-refractivity contribution in [3.63, 3.8) is 0 Å². The van der Waals surface area contributed by atoms with Gasteiger partial charge >= 0.3 is 0 Å². The van der Waals surface area contributed by atoms with Crippen molar-refractivity contribution < 1.29 is 0 Å². The first-order valence-corrected chi connectivity index (χ1v) is 14.6. The van der Waals surface area contributed by atoms with Gasteiger partial charge in [-0.25, -0.2) is 0 Å². The number of rotatable bonds is 12. The lowest BCUT2D eigenvalue weighted by Gasteiger charge is -2.47. The fourth-order valence-electron chi connectivity index (χ4n) is 7.74. The topological polar surface area (TPSA) is 23.8 Å². The molecule has 0 saturated heterocycles. The number of hydrogen-bond acceptors (Lipinski definition) is 1. The standard InChI is InChI=1S/C30H53N/c1-3-5-7-9-11-20-30(24-31)21-19-28-22-27(17-18-29(28)23-30)26-15-13-25(14-16-26)12-10-8-6-4-2/h25-29H,3-23H2,1-2H3. The average Bonchev–Trinajstić information content (AvgIpc) is 2.82. The van der Waals surface area contributed by atoms with Gasteiger partial charge in [-0.15, -0.1) is 0 Å². The summed E-state index contributed by atoms with van der Waals surface area (Å²) in [5.41, 5.74) is 0.0378. The second kappa shape index (κ2) is 13.3. The molecule has 0 aromatic carbocycles. The molecule has 4 atom stereocenters. The molecule has 0 aliphatic heterocycles. The Morgan fingerprint density at radius 3 is 2.00 bits per heavy atom. The molecule has 0 spiro atoms. The summed E-state index contributed by atoms with van der Waals surface area (Å²) >= 11 is 0. The van der Waals surface area contributed by atoms with Crippen LogP contribution in [0.2, 0.25) is 0 Å². The highest BCUT2D eigenvalue weighted by Gasteiger charge is 2.44. The molecule has 0 N–H and O–H groups in total. The second-order valence-corrected chi connectivity index (χ2v) is 12.0. The smallest absolute Gasteiger partial charge is 0.0689 e. The molecule has 0 aromatic rings. The molecule has 3 rings (SSSR count). The molecule has 3 aliphatic rings. The van der Waals surface area contributed by atoms with E-state index >= 15 is 0 Å². The van der Waals surface area contributed by atoms with Crippen LogP contribution in [0.3, 0.4) is 0 Å². The van der Waals surface area contributed by atoms with E-state index in [4.69, 9.17) is 0 Å². The normalized spacial score (nSPS) is 36.0. The first-order chi connectivity index (χ1) is 15.2. The Bertz CT molecular complexity index is 525. The number of hydrogen-bond donors (Lipinski definition) is 0. The van der Waals surface area contributed by atoms with Crippen molar-refractivity contribution >= 4 is 0 Å². The predicted octanol–water partition coefficient (Wildman–Crippen LogP) is 9.85. The quantitative estimate of drug-likeness (QED) is 0.284. The van der Waals surface area contributed by atoms with Crippen molar-refractivity contribution in [1.82, 2.24) is 0 Å². The minimum Gasteiger partial charge on any atom is -0.198 e. The van der Waals surface area contributed by atoms with Crippen LogP contribution in [0.25, 0.3) is 0 Å². The van der Waals surface area contributed by atoms with Crippen molar-refractivity contribution in [3.8, 4) is 6.07 Å². The minimum absolute atomic E-state index is 0.0378. The molecule has 3 aliphatic carbocycles. The highest BCUT2D eigenvalue weighted by Crippen LogP contribution is 2.53. The van der Waals surface area contributed by atoms with Gasteiger partial charge in [0.2, 0.25) is 0 Å². The highest BCUT2D eigenvalue weighted by molar-refractivity contribution is 5.05. The van der Waals surface area contributed by atoms with E-state index in [2.05, 4.69) is 19.9 Å². The van der Waals surface area contributed by atoms with Crippen LogP contribution in [0.1, 0.15) is 149 Å². The Hall–Kier alpha value is -0.510. The van der Waals surface area contributed by atoms with Gasteiger partial charge in [0.05, 0.1) is 11.5 Å². The maximum atomic E-state index is 10.1. The minimum atomic E-state index is 0.0378. The molecule has 31 heavy (non-hydrogen) atoms. The zero-order valence-corrected chi connectivity index (χ0v) is 21.2. The summed E-state index contributed by atoms with van der Waals surface area (Å²) in [6.07, 6.45) is 29.4. The molecule has 4 unspecified atom stereocenters. The SMILES string of the molecule is CCCCCCCC1(C#N)CCC2CC(C3CCC(CCCCCC)CC3)CCC2C1. The molecule has 0 heterocycles. The van der Waals surface area contributed by atoms with Gasteiger partial charge in [0.25, 0.3) is 0 Å². The molecule has 3 saturated carbocycles.